The molecule has 1 heterocycles. The van der Waals surface area contributed by atoms with Gasteiger partial charge in [-0.1, -0.05) is 36.7 Å². The van der Waals surface area contributed by atoms with Crippen molar-refractivity contribution in [1.82, 2.24) is 5.32 Å². The third-order valence-electron chi connectivity index (χ3n) is 4.01. The van der Waals surface area contributed by atoms with E-state index in [9.17, 15) is 9.59 Å². The molecule has 2 N–H and O–H groups in total. The van der Waals surface area contributed by atoms with Gasteiger partial charge in [0.15, 0.2) is 4.75 Å². The van der Waals surface area contributed by atoms with Crippen molar-refractivity contribution in [3.8, 4) is 0 Å². The van der Waals surface area contributed by atoms with E-state index in [0.717, 1.165) is 36.3 Å². The summed E-state index contributed by atoms with van der Waals surface area (Å²) in [4.78, 5) is 25.7. The Morgan fingerprint density at radius 2 is 2.05 bits per heavy atom. The molecule has 1 atom stereocenters. The molecular formula is C15H18N2O2S. The lowest BCUT2D eigenvalue weighted by atomic mass is 10.1. The standard InChI is InChI=1S/C15H18N2O2S/c1-15(13(18)16-10-6-2-3-7-10)14(19)17-11-8-4-5-9-12(11)20-15/h4-5,8-10H,2-3,6-7H2,1H3,(H,16,18)(H,17,19). The van der Waals surface area contributed by atoms with E-state index in [2.05, 4.69) is 10.6 Å². The number of nitrogens with one attached hydrogen (secondary N) is 2. The third-order valence-corrected chi connectivity index (χ3v) is 5.36. The first-order valence-electron chi connectivity index (χ1n) is 7.00. The number of anilines is 1. The summed E-state index contributed by atoms with van der Waals surface area (Å²) in [6, 6.07) is 7.80. The number of thioether (sulfide) groups is 1. The minimum atomic E-state index is -1.09. The maximum Gasteiger partial charge on any atom is 0.250 e. The normalized spacial score (nSPS) is 25.9. The molecule has 1 aliphatic carbocycles. The Bertz CT molecular complexity index is 555. The van der Waals surface area contributed by atoms with Gasteiger partial charge in [-0.05, 0) is 31.9 Å². The number of hydrogen-bond acceptors (Lipinski definition) is 3. The van der Waals surface area contributed by atoms with Crippen LogP contribution in [0.5, 0.6) is 0 Å². The molecule has 0 radical (unpaired) electrons. The molecule has 1 aliphatic heterocycles. The molecule has 1 unspecified atom stereocenters. The summed E-state index contributed by atoms with van der Waals surface area (Å²) in [6.07, 6.45) is 4.35. The van der Waals surface area contributed by atoms with Gasteiger partial charge in [0.25, 0.3) is 0 Å². The van der Waals surface area contributed by atoms with Crippen LogP contribution in [0.3, 0.4) is 0 Å². The molecule has 0 bridgehead atoms. The van der Waals surface area contributed by atoms with Gasteiger partial charge in [0.1, 0.15) is 0 Å². The topological polar surface area (TPSA) is 58.2 Å². The molecule has 2 aliphatic rings. The Kier molecular flexibility index (Phi) is 3.46. The van der Waals surface area contributed by atoms with Gasteiger partial charge in [-0.3, -0.25) is 9.59 Å². The van der Waals surface area contributed by atoms with Crippen molar-refractivity contribution in [2.24, 2.45) is 0 Å². The monoisotopic (exact) mass is 290 g/mol. The van der Waals surface area contributed by atoms with E-state index in [4.69, 9.17) is 0 Å². The Hall–Kier alpha value is -1.49. The molecule has 0 spiro atoms. The van der Waals surface area contributed by atoms with Gasteiger partial charge in [-0.25, -0.2) is 0 Å². The van der Waals surface area contributed by atoms with Crippen LogP contribution in [-0.2, 0) is 9.59 Å². The zero-order chi connectivity index (χ0) is 14.2. The van der Waals surface area contributed by atoms with Gasteiger partial charge < -0.3 is 10.6 Å². The summed E-state index contributed by atoms with van der Waals surface area (Å²) in [7, 11) is 0. The maximum absolute atomic E-state index is 12.5. The van der Waals surface area contributed by atoms with Crippen molar-refractivity contribution < 1.29 is 9.59 Å². The Morgan fingerprint density at radius 3 is 2.80 bits per heavy atom. The van der Waals surface area contributed by atoms with Crippen LogP contribution in [0.1, 0.15) is 32.6 Å². The minimum Gasteiger partial charge on any atom is -0.352 e. The molecule has 1 fully saturated rings. The Balaban J connectivity index is 1.80. The number of carbonyl (C=O) groups excluding carboxylic acids is 2. The van der Waals surface area contributed by atoms with E-state index in [1.807, 2.05) is 24.3 Å². The summed E-state index contributed by atoms with van der Waals surface area (Å²) in [5, 5.41) is 5.87. The lowest BCUT2D eigenvalue weighted by Gasteiger charge is -2.32. The van der Waals surface area contributed by atoms with Crippen molar-refractivity contribution in [2.45, 2.75) is 48.3 Å². The molecule has 106 valence electrons. The summed E-state index contributed by atoms with van der Waals surface area (Å²) < 4.78 is -1.09. The molecule has 2 amide bonds. The second kappa shape index (κ2) is 5.13. The number of hydrogen-bond donors (Lipinski definition) is 2. The Labute approximate surface area is 122 Å². The number of fused-ring (bicyclic) bond motifs is 1. The second-order valence-electron chi connectivity index (χ2n) is 5.54. The van der Waals surface area contributed by atoms with E-state index < -0.39 is 4.75 Å². The molecule has 1 saturated carbocycles. The van der Waals surface area contributed by atoms with E-state index in [0.29, 0.717) is 0 Å². The first-order chi connectivity index (χ1) is 9.59. The second-order valence-corrected chi connectivity index (χ2v) is 7.00. The highest BCUT2D eigenvalue weighted by Gasteiger charge is 2.46. The van der Waals surface area contributed by atoms with E-state index in [-0.39, 0.29) is 17.9 Å². The van der Waals surface area contributed by atoms with Crippen LogP contribution < -0.4 is 10.6 Å². The fourth-order valence-electron chi connectivity index (χ4n) is 2.71. The van der Waals surface area contributed by atoms with Crippen molar-refractivity contribution >= 4 is 29.3 Å². The highest BCUT2D eigenvalue weighted by Crippen LogP contribution is 2.42. The third kappa shape index (κ3) is 2.30. The fraction of sp³-hybridized carbons (Fsp3) is 0.467. The highest BCUT2D eigenvalue weighted by atomic mass is 32.2. The molecule has 1 aromatic carbocycles. The number of para-hydroxylation sites is 1. The van der Waals surface area contributed by atoms with E-state index in [1.54, 1.807) is 6.92 Å². The summed E-state index contributed by atoms with van der Waals surface area (Å²) in [6.45, 7) is 1.70. The van der Waals surface area contributed by atoms with Gasteiger partial charge in [0.05, 0.1) is 5.69 Å². The quantitative estimate of drug-likeness (QED) is 0.823. The van der Waals surface area contributed by atoms with Crippen molar-refractivity contribution in [3.05, 3.63) is 24.3 Å². The lowest BCUT2D eigenvalue weighted by molar-refractivity contribution is -0.130. The maximum atomic E-state index is 12.5. The van der Waals surface area contributed by atoms with Crippen molar-refractivity contribution in [1.29, 1.82) is 0 Å². The van der Waals surface area contributed by atoms with Crippen LogP contribution in [0.25, 0.3) is 0 Å². The molecule has 1 aromatic rings. The van der Waals surface area contributed by atoms with Crippen LogP contribution in [0.15, 0.2) is 29.2 Å². The molecule has 0 saturated heterocycles. The SMILES string of the molecule is CC1(C(=O)NC2CCCC2)Sc2ccccc2NC1=O. The summed E-state index contributed by atoms with van der Waals surface area (Å²) in [5.74, 6) is -0.418. The molecule has 20 heavy (non-hydrogen) atoms. The van der Waals surface area contributed by atoms with Crippen LogP contribution in [0, 0.1) is 0 Å². The van der Waals surface area contributed by atoms with Gasteiger partial charge in [-0.2, -0.15) is 0 Å². The predicted octanol–water partition coefficient (Wildman–Crippen LogP) is 2.55. The van der Waals surface area contributed by atoms with E-state index >= 15 is 0 Å². The van der Waals surface area contributed by atoms with Gasteiger partial charge in [-0.15, -0.1) is 0 Å². The van der Waals surface area contributed by atoms with Crippen LogP contribution in [0.2, 0.25) is 0 Å². The first-order valence-corrected chi connectivity index (χ1v) is 7.82. The number of amides is 2. The van der Waals surface area contributed by atoms with Crippen LogP contribution >= 0.6 is 11.8 Å². The number of rotatable bonds is 2. The smallest absolute Gasteiger partial charge is 0.250 e. The summed E-state index contributed by atoms with van der Waals surface area (Å²) in [5.41, 5.74) is 0.786. The highest BCUT2D eigenvalue weighted by molar-refractivity contribution is 8.02. The average molecular weight is 290 g/mol. The molecule has 0 aromatic heterocycles. The Morgan fingerprint density at radius 1 is 1.35 bits per heavy atom. The molecular weight excluding hydrogens is 272 g/mol. The lowest BCUT2D eigenvalue weighted by Crippen LogP contribution is -2.53. The van der Waals surface area contributed by atoms with Gasteiger partial charge in [0, 0.05) is 10.9 Å². The van der Waals surface area contributed by atoms with Gasteiger partial charge >= 0.3 is 0 Å². The summed E-state index contributed by atoms with van der Waals surface area (Å²) >= 11 is 1.33. The average Bonchev–Trinajstić information content (AvgIpc) is 2.93. The molecule has 5 heteroatoms. The van der Waals surface area contributed by atoms with Crippen LogP contribution in [-0.4, -0.2) is 22.6 Å². The number of carbonyl (C=O) groups is 2. The molecule has 3 rings (SSSR count). The van der Waals surface area contributed by atoms with Crippen molar-refractivity contribution in [3.63, 3.8) is 0 Å². The predicted molar refractivity (Wildman–Crippen MR) is 79.7 cm³/mol. The number of benzene rings is 1. The van der Waals surface area contributed by atoms with Gasteiger partial charge in [0.2, 0.25) is 11.8 Å². The molecule has 4 nitrogen and oxygen atoms in total. The first kappa shape index (κ1) is 13.5. The zero-order valence-corrected chi connectivity index (χ0v) is 12.3. The van der Waals surface area contributed by atoms with Crippen molar-refractivity contribution in [2.75, 3.05) is 5.32 Å². The fourth-order valence-corrected chi connectivity index (χ4v) is 3.82. The van der Waals surface area contributed by atoms with Crippen LogP contribution in [0.4, 0.5) is 5.69 Å². The van der Waals surface area contributed by atoms with E-state index in [1.165, 1.54) is 11.8 Å². The zero-order valence-electron chi connectivity index (χ0n) is 11.4. The minimum absolute atomic E-state index is 0.179. The largest absolute Gasteiger partial charge is 0.352 e.